The lowest BCUT2D eigenvalue weighted by Gasteiger charge is -2.35. The molecule has 2 aromatic heterocycles. The van der Waals surface area contributed by atoms with Crippen molar-refractivity contribution >= 4 is 11.7 Å². The Morgan fingerprint density at radius 1 is 1.16 bits per heavy atom. The molecule has 0 atom stereocenters. The predicted molar refractivity (Wildman–Crippen MR) is 83.4 cm³/mol. The van der Waals surface area contributed by atoms with Gasteiger partial charge in [-0.15, -0.1) is 0 Å². The van der Waals surface area contributed by atoms with Gasteiger partial charge in [0.2, 0.25) is 5.91 Å². The van der Waals surface area contributed by atoms with Crippen LogP contribution < -0.4 is 4.90 Å². The van der Waals surface area contributed by atoms with Gasteiger partial charge in [-0.05, 0) is 6.92 Å². The van der Waals surface area contributed by atoms with Gasteiger partial charge >= 0.3 is 6.18 Å². The number of carbonyl (C=O) groups is 1. The second-order valence-electron chi connectivity index (χ2n) is 5.76. The first-order chi connectivity index (χ1) is 11.8. The molecular formula is C15H17F3N6O. The highest BCUT2D eigenvalue weighted by Crippen LogP contribution is 2.22. The summed E-state index contributed by atoms with van der Waals surface area (Å²) in [6.07, 6.45) is -0.858. The quantitative estimate of drug-likeness (QED) is 0.837. The van der Waals surface area contributed by atoms with Crippen LogP contribution in [0.15, 0.2) is 24.8 Å². The van der Waals surface area contributed by atoms with Gasteiger partial charge in [0, 0.05) is 44.6 Å². The fourth-order valence-corrected chi connectivity index (χ4v) is 2.69. The molecule has 1 amide bonds. The summed E-state index contributed by atoms with van der Waals surface area (Å²) in [7, 11) is 0. The van der Waals surface area contributed by atoms with E-state index >= 15 is 0 Å². The molecule has 2 aromatic rings. The van der Waals surface area contributed by atoms with Crippen LogP contribution in [0.25, 0.3) is 5.82 Å². The van der Waals surface area contributed by atoms with Crippen molar-refractivity contribution in [3.05, 3.63) is 30.6 Å². The minimum Gasteiger partial charge on any atom is -0.353 e. The summed E-state index contributed by atoms with van der Waals surface area (Å²) < 4.78 is 38.8. The minimum absolute atomic E-state index is 0.234. The molecule has 0 aliphatic carbocycles. The summed E-state index contributed by atoms with van der Waals surface area (Å²) in [5.74, 6) is 1.04. The number of anilines is 1. The van der Waals surface area contributed by atoms with Crippen molar-refractivity contribution in [1.29, 1.82) is 0 Å². The van der Waals surface area contributed by atoms with Crippen molar-refractivity contribution < 1.29 is 18.0 Å². The lowest BCUT2D eigenvalue weighted by molar-refractivity contribution is -0.161. The monoisotopic (exact) mass is 354 g/mol. The number of aromatic nitrogens is 4. The topological polar surface area (TPSA) is 67.2 Å². The number of alkyl halides is 3. The second-order valence-corrected chi connectivity index (χ2v) is 5.76. The Morgan fingerprint density at radius 2 is 1.84 bits per heavy atom. The number of nitrogens with zero attached hydrogens (tertiary/aromatic N) is 6. The molecule has 1 fully saturated rings. The molecular weight excluding hydrogens is 337 g/mol. The maximum absolute atomic E-state index is 12.3. The van der Waals surface area contributed by atoms with Crippen LogP contribution in [0, 0.1) is 6.92 Å². The molecule has 7 nitrogen and oxygen atoms in total. The van der Waals surface area contributed by atoms with Crippen molar-refractivity contribution in [3.8, 4) is 5.82 Å². The van der Waals surface area contributed by atoms with Gasteiger partial charge in [-0.3, -0.25) is 9.36 Å². The van der Waals surface area contributed by atoms with Gasteiger partial charge in [0.15, 0.2) is 0 Å². The first-order valence-corrected chi connectivity index (χ1v) is 7.75. The number of amides is 1. The summed E-state index contributed by atoms with van der Waals surface area (Å²) in [4.78, 5) is 27.6. The summed E-state index contributed by atoms with van der Waals surface area (Å²) in [6.45, 7) is 3.08. The molecule has 1 aliphatic rings. The standard InChI is InChI=1S/C15H17F3N6O/c1-11-20-12(8-13(21-11)24-3-2-19-10-24)22-4-6-23(7-5-22)14(25)9-15(16,17)18/h2-3,8,10H,4-7,9H2,1H3. The largest absolute Gasteiger partial charge is 0.397 e. The Balaban J connectivity index is 1.68. The number of piperazine rings is 1. The highest BCUT2D eigenvalue weighted by atomic mass is 19.4. The zero-order chi connectivity index (χ0) is 18.0. The van der Waals surface area contributed by atoms with Gasteiger partial charge in [-0.25, -0.2) is 15.0 Å². The molecule has 10 heteroatoms. The van der Waals surface area contributed by atoms with E-state index < -0.39 is 18.5 Å². The normalized spacial score (nSPS) is 15.5. The van der Waals surface area contributed by atoms with E-state index in [2.05, 4.69) is 15.0 Å². The van der Waals surface area contributed by atoms with Crippen molar-refractivity contribution in [2.75, 3.05) is 31.1 Å². The number of aryl methyl sites for hydroxylation is 1. The van der Waals surface area contributed by atoms with Gasteiger partial charge < -0.3 is 9.80 Å². The zero-order valence-corrected chi connectivity index (χ0v) is 13.6. The van der Waals surface area contributed by atoms with Crippen LogP contribution in [0.5, 0.6) is 0 Å². The van der Waals surface area contributed by atoms with Gasteiger partial charge in [0.05, 0.1) is 0 Å². The highest BCUT2D eigenvalue weighted by molar-refractivity contribution is 5.77. The number of hydrogen-bond donors (Lipinski definition) is 0. The number of imidazole rings is 1. The molecule has 0 radical (unpaired) electrons. The first-order valence-electron chi connectivity index (χ1n) is 7.75. The number of rotatable bonds is 3. The highest BCUT2D eigenvalue weighted by Gasteiger charge is 2.34. The summed E-state index contributed by atoms with van der Waals surface area (Å²) >= 11 is 0. The minimum atomic E-state index is -4.47. The Morgan fingerprint density at radius 3 is 2.44 bits per heavy atom. The Bertz CT molecular complexity index is 738. The van der Waals surface area contributed by atoms with Crippen molar-refractivity contribution in [2.45, 2.75) is 19.5 Å². The van der Waals surface area contributed by atoms with Crippen LogP contribution in [0.2, 0.25) is 0 Å². The Labute approximate surface area is 142 Å². The fraction of sp³-hybridized carbons (Fsp3) is 0.467. The number of hydrogen-bond acceptors (Lipinski definition) is 5. The summed E-state index contributed by atoms with van der Waals surface area (Å²) in [6, 6.07) is 1.79. The van der Waals surface area contributed by atoms with Crippen LogP contribution in [0.1, 0.15) is 12.2 Å². The molecule has 0 N–H and O–H groups in total. The van der Waals surface area contributed by atoms with Crippen molar-refractivity contribution in [2.24, 2.45) is 0 Å². The number of carbonyl (C=O) groups excluding carboxylic acids is 1. The van der Waals surface area contributed by atoms with Crippen LogP contribution in [0.4, 0.5) is 19.0 Å². The molecule has 3 rings (SSSR count). The van der Waals surface area contributed by atoms with E-state index in [1.165, 1.54) is 4.90 Å². The molecule has 0 spiro atoms. The van der Waals surface area contributed by atoms with Gasteiger partial charge in [-0.2, -0.15) is 13.2 Å². The van der Waals surface area contributed by atoms with Crippen LogP contribution in [0.3, 0.4) is 0 Å². The molecule has 0 bridgehead atoms. The molecule has 0 aromatic carbocycles. The summed E-state index contributed by atoms with van der Waals surface area (Å²) in [5, 5.41) is 0. The Kier molecular flexibility index (Phi) is 4.60. The number of halogens is 3. The molecule has 1 saturated heterocycles. The predicted octanol–water partition coefficient (Wildman–Crippen LogP) is 1.57. The van der Waals surface area contributed by atoms with E-state index in [0.29, 0.717) is 30.5 Å². The van der Waals surface area contributed by atoms with Crippen LogP contribution in [-0.2, 0) is 4.79 Å². The van der Waals surface area contributed by atoms with Gasteiger partial charge in [0.25, 0.3) is 0 Å². The van der Waals surface area contributed by atoms with Gasteiger partial charge in [0.1, 0.15) is 30.2 Å². The fourth-order valence-electron chi connectivity index (χ4n) is 2.69. The lowest BCUT2D eigenvalue weighted by atomic mass is 10.2. The van der Waals surface area contributed by atoms with E-state index in [-0.39, 0.29) is 13.1 Å². The average molecular weight is 354 g/mol. The van der Waals surface area contributed by atoms with Crippen molar-refractivity contribution in [3.63, 3.8) is 0 Å². The molecule has 0 saturated carbocycles. The first kappa shape index (κ1) is 17.2. The maximum atomic E-state index is 12.3. The summed E-state index contributed by atoms with van der Waals surface area (Å²) in [5.41, 5.74) is 0. The molecule has 134 valence electrons. The van der Waals surface area contributed by atoms with Crippen LogP contribution >= 0.6 is 0 Å². The molecule has 3 heterocycles. The van der Waals surface area contributed by atoms with E-state index in [1.807, 2.05) is 4.90 Å². The third-order valence-electron chi connectivity index (χ3n) is 3.89. The zero-order valence-electron chi connectivity index (χ0n) is 13.6. The van der Waals surface area contributed by atoms with E-state index in [9.17, 15) is 18.0 Å². The second kappa shape index (κ2) is 6.69. The average Bonchev–Trinajstić information content (AvgIpc) is 3.07. The van der Waals surface area contributed by atoms with Crippen molar-refractivity contribution in [1.82, 2.24) is 24.4 Å². The SMILES string of the molecule is Cc1nc(N2CCN(C(=O)CC(F)(F)F)CC2)cc(-n2ccnc2)n1. The maximum Gasteiger partial charge on any atom is 0.397 e. The third kappa shape index (κ3) is 4.25. The third-order valence-corrected chi connectivity index (χ3v) is 3.89. The van der Waals surface area contributed by atoms with Gasteiger partial charge in [-0.1, -0.05) is 0 Å². The molecule has 0 unspecified atom stereocenters. The molecule has 1 aliphatic heterocycles. The van der Waals surface area contributed by atoms with E-state index in [0.717, 1.165) is 0 Å². The van der Waals surface area contributed by atoms with E-state index in [1.54, 1.807) is 36.3 Å². The van der Waals surface area contributed by atoms with Crippen LogP contribution in [-0.4, -0.2) is 62.7 Å². The molecule has 25 heavy (non-hydrogen) atoms. The van der Waals surface area contributed by atoms with E-state index in [4.69, 9.17) is 0 Å². The Hall–Kier alpha value is -2.65. The lowest BCUT2D eigenvalue weighted by Crippen LogP contribution is -2.49. The smallest absolute Gasteiger partial charge is 0.353 e.